The maximum absolute atomic E-state index is 13.2. The number of rotatable bonds is 7. The third-order valence-electron chi connectivity index (χ3n) is 5.71. The quantitative estimate of drug-likeness (QED) is 0.632. The molecule has 0 aliphatic carbocycles. The Labute approximate surface area is 181 Å². The number of halogens is 1. The molecule has 1 unspecified atom stereocenters. The molecule has 3 aromatic rings. The van der Waals surface area contributed by atoms with E-state index in [1.54, 1.807) is 7.11 Å². The zero-order valence-corrected chi connectivity index (χ0v) is 17.8. The van der Waals surface area contributed by atoms with Crippen LogP contribution in [0.1, 0.15) is 36.1 Å². The van der Waals surface area contributed by atoms with Crippen molar-refractivity contribution in [2.75, 3.05) is 20.2 Å². The summed E-state index contributed by atoms with van der Waals surface area (Å²) in [6.07, 6.45) is 2.84. The van der Waals surface area contributed by atoms with E-state index in [9.17, 15) is 9.18 Å². The van der Waals surface area contributed by atoms with Crippen molar-refractivity contribution in [1.29, 1.82) is 0 Å². The van der Waals surface area contributed by atoms with Crippen LogP contribution in [0.2, 0.25) is 0 Å². The molecule has 7 heteroatoms. The predicted octanol–water partition coefficient (Wildman–Crippen LogP) is 3.65. The normalized spacial score (nSPS) is 16.4. The van der Waals surface area contributed by atoms with Gasteiger partial charge in [0.25, 0.3) is 0 Å². The highest BCUT2D eigenvalue weighted by molar-refractivity contribution is 5.72. The molecule has 31 heavy (non-hydrogen) atoms. The molecule has 1 amide bonds. The van der Waals surface area contributed by atoms with Gasteiger partial charge in [0.05, 0.1) is 24.7 Å². The van der Waals surface area contributed by atoms with E-state index in [2.05, 4.69) is 15.3 Å². The summed E-state index contributed by atoms with van der Waals surface area (Å²) in [5.41, 5.74) is 4.21. The number of likely N-dealkylation sites (tertiary alicyclic amines) is 1. The van der Waals surface area contributed by atoms with Crippen LogP contribution in [0.3, 0.4) is 0 Å². The number of nitrogens with zero attached hydrogens (tertiary/aromatic N) is 3. The lowest BCUT2D eigenvalue weighted by molar-refractivity contribution is -0.119. The first kappa shape index (κ1) is 21.1. The van der Waals surface area contributed by atoms with Crippen molar-refractivity contribution >= 4 is 5.91 Å². The zero-order valence-electron chi connectivity index (χ0n) is 17.8. The Hall–Kier alpha value is -3.19. The van der Waals surface area contributed by atoms with Crippen LogP contribution >= 0.6 is 0 Å². The number of nitrogens with one attached hydrogen (secondary N) is 1. The summed E-state index contributed by atoms with van der Waals surface area (Å²) >= 11 is 0. The lowest BCUT2D eigenvalue weighted by Gasteiger charge is -2.18. The number of hydrogen-bond donors (Lipinski definition) is 1. The predicted molar refractivity (Wildman–Crippen MR) is 117 cm³/mol. The molecule has 1 saturated heterocycles. The van der Waals surface area contributed by atoms with Gasteiger partial charge >= 0.3 is 0 Å². The molecule has 0 radical (unpaired) electrons. The lowest BCUT2D eigenvalue weighted by atomic mass is 10.0. The first-order valence-corrected chi connectivity index (χ1v) is 10.5. The summed E-state index contributed by atoms with van der Waals surface area (Å²) in [6, 6.07) is 14.5. The standard InChI is InChI=1S/C24H27FN4O2/c1-17(30)26-13-20-14-27-29(22-7-9-23(31-2)10-8-22)24(20)19-11-12-28(16-19)15-18-3-5-21(25)6-4-18/h3-10,14,19H,11-13,15-16H2,1-2H3,(H,26,30). The maximum atomic E-state index is 13.2. The van der Waals surface area contributed by atoms with Crippen LogP contribution in [0.25, 0.3) is 5.69 Å². The van der Waals surface area contributed by atoms with E-state index in [1.807, 2.05) is 47.3 Å². The number of aromatic nitrogens is 2. The fourth-order valence-corrected chi connectivity index (χ4v) is 4.16. The number of hydrogen-bond acceptors (Lipinski definition) is 4. The Balaban J connectivity index is 1.58. The molecular formula is C24H27FN4O2. The van der Waals surface area contributed by atoms with Crippen molar-refractivity contribution < 1.29 is 13.9 Å². The Morgan fingerprint density at radius 1 is 1.19 bits per heavy atom. The molecule has 2 aromatic carbocycles. The summed E-state index contributed by atoms with van der Waals surface area (Å²) in [6.45, 7) is 4.60. The average molecular weight is 423 g/mol. The second-order valence-electron chi connectivity index (χ2n) is 7.92. The van der Waals surface area contributed by atoms with Gasteiger partial charge in [-0.05, 0) is 54.9 Å². The van der Waals surface area contributed by atoms with Crippen molar-refractivity contribution in [2.24, 2.45) is 0 Å². The van der Waals surface area contributed by atoms with Crippen molar-refractivity contribution in [1.82, 2.24) is 20.0 Å². The maximum Gasteiger partial charge on any atom is 0.217 e. The minimum atomic E-state index is -0.214. The Morgan fingerprint density at radius 3 is 2.61 bits per heavy atom. The third-order valence-corrected chi connectivity index (χ3v) is 5.71. The van der Waals surface area contributed by atoms with Crippen LogP contribution in [-0.4, -0.2) is 40.8 Å². The number of benzene rings is 2. The van der Waals surface area contributed by atoms with E-state index >= 15 is 0 Å². The van der Waals surface area contributed by atoms with Gasteiger partial charge in [0.15, 0.2) is 0 Å². The van der Waals surface area contributed by atoms with Gasteiger partial charge in [-0.15, -0.1) is 0 Å². The molecule has 162 valence electrons. The number of carbonyl (C=O) groups excluding carboxylic acids is 1. The van der Waals surface area contributed by atoms with Crippen LogP contribution in [0.4, 0.5) is 4.39 Å². The molecular weight excluding hydrogens is 395 g/mol. The molecule has 0 bridgehead atoms. The molecule has 2 heterocycles. The fraction of sp³-hybridized carbons (Fsp3) is 0.333. The average Bonchev–Trinajstić information content (AvgIpc) is 3.40. The van der Waals surface area contributed by atoms with Crippen LogP contribution in [0.15, 0.2) is 54.7 Å². The minimum Gasteiger partial charge on any atom is -0.497 e. The summed E-state index contributed by atoms with van der Waals surface area (Å²) in [5.74, 6) is 0.803. The molecule has 0 saturated carbocycles. The van der Waals surface area contributed by atoms with Crippen molar-refractivity contribution in [3.05, 3.63) is 77.4 Å². The Morgan fingerprint density at radius 2 is 1.94 bits per heavy atom. The summed E-state index contributed by atoms with van der Waals surface area (Å²) in [5, 5.41) is 7.55. The van der Waals surface area contributed by atoms with Gasteiger partial charge in [0.1, 0.15) is 11.6 Å². The zero-order chi connectivity index (χ0) is 21.8. The number of ether oxygens (including phenoxy) is 1. The highest BCUT2D eigenvalue weighted by Crippen LogP contribution is 2.32. The van der Waals surface area contributed by atoms with Crippen LogP contribution in [-0.2, 0) is 17.9 Å². The SMILES string of the molecule is COc1ccc(-n2ncc(CNC(C)=O)c2C2CCN(Cc3ccc(F)cc3)C2)cc1. The summed E-state index contributed by atoms with van der Waals surface area (Å²) < 4.78 is 20.5. The van der Waals surface area contributed by atoms with Gasteiger partial charge in [-0.2, -0.15) is 5.10 Å². The first-order chi connectivity index (χ1) is 15.0. The van der Waals surface area contributed by atoms with Gasteiger partial charge in [0, 0.05) is 38.0 Å². The van der Waals surface area contributed by atoms with Gasteiger partial charge in [-0.1, -0.05) is 12.1 Å². The first-order valence-electron chi connectivity index (χ1n) is 10.5. The molecule has 1 N–H and O–H groups in total. The van der Waals surface area contributed by atoms with Crippen LogP contribution in [0, 0.1) is 5.82 Å². The molecule has 1 aliphatic rings. The van der Waals surface area contributed by atoms with E-state index in [0.717, 1.165) is 54.3 Å². The topological polar surface area (TPSA) is 59.4 Å². The Kier molecular flexibility index (Phi) is 6.32. The number of methoxy groups -OCH3 is 1. The second kappa shape index (κ2) is 9.31. The van der Waals surface area contributed by atoms with Crippen molar-refractivity contribution in [3.63, 3.8) is 0 Å². The van der Waals surface area contributed by atoms with E-state index in [-0.39, 0.29) is 17.6 Å². The largest absolute Gasteiger partial charge is 0.497 e. The number of carbonyl (C=O) groups is 1. The van der Waals surface area contributed by atoms with Gasteiger partial charge in [-0.3, -0.25) is 9.69 Å². The van der Waals surface area contributed by atoms with Crippen molar-refractivity contribution in [3.8, 4) is 11.4 Å². The fourth-order valence-electron chi connectivity index (χ4n) is 4.16. The molecule has 1 aromatic heterocycles. The van der Waals surface area contributed by atoms with Crippen LogP contribution < -0.4 is 10.1 Å². The lowest BCUT2D eigenvalue weighted by Crippen LogP contribution is -2.22. The minimum absolute atomic E-state index is 0.0625. The molecule has 1 atom stereocenters. The van der Waals surface area contributed by atoms with E-state index in [1.165, 1.54) is 19.1 Å². The van der Waals surface area contributed by atoms with E-state index < -0.39 is 0 Å². The third kappa shape index (κ3) is 4.94. The van der Waals surface area contributed by atoms with Crippen LogP contribution in [0.5, 0.6) is 5.75 Å². The molecule has 1 aliphatic heterocycles. The van der Waals surface area contributed by atoms with Gasteiger partial charge in [-0.25, -0.2) is 9.07 Å². The Bertz CT molecular complexity index is 1030. The number of amides is 1. The molecule has 4 rings (SSSR count). The highest BCUT2D eigenvalue weighted by atomic mass is 19.1. The highest BCUT2D eigenvalue weighted by Gasteiger charge is 2.29. The molecule has 0 spiro atoms. The molecule has 1 fully saturated rings. The van der Waals surface area contributed by atoms with Gasteiger partial charge < -0.3 is 10.1 Å². The van der Waals surface area contributed by atoms with E-state index in [0.29, 0.717) is 6.54 Å². The monoisotopic (exact) mass is 422 g/mol. The summed E-state index contributed by atoms with van der Waals surface area (Å²) in [4.78, 5) is 13.9. The van der Waals surface area contributed by atoms with Crippen molar-refractivity contribution in [2.45, 2.75) is 32.4 Å². The smallest absolute Gasteiger partial charge is 0.217 e. The molecule has 6 nitrogen and oxygen atoms in total. The summed E-state index contributed by atoms with van der Waals surface area (Å²) in [7, 11) is 1.65. The second-order valence-corrected chi connectivity index (χ2v) is 7.92. The van der Waals surface area contributed by atoms with E-state index in [4.69, 9.17) is 4.74 Å². The van der Waals surface area contributed by atoms with Gasteiger partial charge in [0.2, 0.25) is 5.91 Å².